The number of benzene rings is 2. The van der Waals surface area contributed by atoms with E-state index in [1.165, 1.54) is 0 Å². The summed E-state index contributed by atoms with van der Waals surface area (Å²) in [6.45, 7) is 5.06. The van der Waals surface area contributed by atoms with Gasteiger partial charge < -0.3 is 15.5 Å². The molecule has 0 saturated heterocycles. The minimum Gasteiger partial charge on any atom is -0.321 e. The minimum absolute atomic E-state index is 0.127. The second kappa shape index (κ2) is 10.3. The third kappa shape index (κ3) is 7.21. The molecule has 0 spiro atoms. The first-order valence-electron chi connectivity index (χ1n) is 8.82. The van der Waals surface area contributed by atoms with Crippen molar-refractivity contribution in [3.8, 4) is 0 Å². The Morgan fingerprint density at radius 2 is 1.70 bits per heavy atom. The van der Waals surface area contributed by atoms with Crippen LogP contribution in [0.15, 0.2) is 42.5 Å². The van der Waals surface area contributed by atoms with Crippen molar-refractivity contribution in [2.24, 2.45) is 0 Å². The van der Waals surface area contributed by atoms with Crippen LogP contribution in [0, 0.1) is 6.92 Å². The number of hydrogen-bond donors (Lipinski definition) is 3. The van der Waals surface area contributed by atoms with E-state index >= 15 is 0 Å². The molecule has 2 rings (SSSR count). The molecule has 1 unspecified atom stereocenters. The van der Waals surface area contributed by atoms with E-state index in [0.29, 0.717) is 22.3 Å². The average Bonchev–Trinajstić information content (AvgIpc) is 2.58. The molecule has 3 N–H and O–H groups in total. The first-order chi connectivity index (χ1) is 12.9. The van der Waals surface area contributed by atoms with Crippen molar-refractivity contribution in [2.75, 3.05) is 30.3 Å². The highest BCUT2D eigenvalue weighted by Gasteiger charge is 2.18. The molecule has 5 nitrogen and oxygen atoms in total. The summed E-state index contributed by atoms with van der Waals surface area (Å²) in [5, 5.41) is 6.55. The molecular weight excluding hydrogens is 385 g/mol. The van der Waals surface area contributed by atoms with Gasteiger partial charge in [-0.05, 0) is 49.2 Å². The predicted molar refractivity (Wildman–Crippen MR) is 111 cm³/mol. The largest absolute Gasteiger partial charge is 0.321 e. The number of halogens is 2. The molecule has 0 aliphatic rings. The predicted octanol–water partition coefficient (Wildman–Crippen LogP) is 3.17. The molecule has 0 bridgehead atoms. The Kier molecular flexibility index (Phi) is 8.10. The van der Waals surface area contributed by atoms with Gasteiger partial charge in [-0.2, -0.15) is 0 Å². The van der Waals surface area contributed by atoms with Gasteiger partial charge in [-0.3, -0.25) is 9.59 Å². The van der Waals surface area contributed by atoms with Crippen LogP contribution < -0.4 is 15.5 Å². The van der Waals surface area contributed by atoms with Gasteiger partial charge in [0.2, 0.25) is 0 Å². The lowest BCUT2D eigenvalue weighted by Crippen LogP contribution is -3.14. The number of aryl methyl sites for hydroxylation is 1. The van der Waals surface area contributed by atoms with Gasteiger partial charge >= 0.3 is 0 Å². The minimum atomic E-state index is -0.217. The molecule has 144 valence electrons. The van der Waals surface area contributed by atoms with Crippen molar-refractivity contribution < 1.29 is 14.5 Å². The summed E-state index contributed by atoms with van der Waals surface area (Å²) in [5.41, 5.74) is 2.29. The molecule has 0 fully saturated rings. The maximum absolute atomic E-state index is 12.4. The van der Waals surface area contributed by atoms with Crippen LogP contribution in [-0.2, 0) is 9.59 Å². The van der Waals surface area contributed by atoms with Crippen LogP contribution in [0.5, 0.6) is 0 Å². The van der Waals surface area contributed by atoms with Gasteiger partial charge in [-0.15, -0.1) is 0 Å². The van der Waals surface area contributed by atoms with Crippen LogP contribution in [-0.4, -0.2) is 31.4 Å². The Morgan fingerprint density at radius 3 is 2.37 bits per heavy atom. The highest BCUT2D eigenvalue weighted by molar-refractivity contribution is 6.35. The number of hydrogen-bond acceptors (Lipinski definition) is 2. The molecule has 2 amide bonds. The first kappa shape index (κ1) is 21.2. The monoisotopic (exact) mass is 408 g/mol. The molecule has 0 aliphatic heterocycles. The highest BCUT2D eigenvalue weighted by atomic mass is 35.5. The van der Waals surface area contributed by atoms with Crippen LogP contribution in [0.3, 0.4) is 0 Å². The zero-order valence-electron chi connectivity index (χ0n) is 15.4. The molecule has 27 heavy (non-hydrogen) atoms. The molecule has 7 heteroatoms. The number of nitrogens with one attached hydrogen (secondary N) is 3. The molecular formula is C20H24Cl2N3O2+. The third-order valence-electron chi connectivity index (χ3n) is 3.93. The maximum Gasteiger partial charge on any atom is 0.279 e. The maximum atomic E-state index is 12.4. The molecule has 0 aromatic heterocycles. The standard InChI is InChI=1S/C20H23Cl2N3O2/c1-3-9-25(12-19(26)23-16-6-4-5-14(2)10-16)13-20(27)24-18-11-15(21)7-8-17(18)22/h4-8,10-11H,3,9,12-13H2,1-2H3,(H,23,26)(H,24,27)/p+1. The molecule has 0 radical (unpaired) electrons. The zero-order valence-corrected chi connectivity index (χ0v) is 17.0. The molecule has 2 aromatic carbocycles. The van der Waals surface area contributed by atoms with Crippen LogP contribution in [0.4, 0.5) is 11.4 Å². The Morgan fingerprint density at radius 1 is 1.00 bits per heavy atom. The Hall–Kier alpha value is -2.08. The lowest BCUT2D eigenvalue weighted by Gasteiger charge is -2.18. The summed E-state index contributed by atoms with van der Waals surface area (Å²) in [6.07, 6.45) is 0.859. The van der Waals surface area contributed by atoms with E-state index in [1.54, 1.807) is 18.2 Å². The Labute approximate surface area is 169 Å². The summed E-state index contributed by atoms with van der Waals surface area (Å²) in [5.74, 6) is -0.344. The molecule has 2 aromatic rings. The van der Waals surface area contributed by atoms with Gasteiger partial charge in [0.25, 0.3) is 11.8 Å². The van der Waals surface area contributed by atoms with Crippen molar-refractivity contribution in [3.05, 3.63) is 58.1 Å². The summed E-state index contributed by atoms with van der Waals surface area (Å²) in [6, 6.07) is 12.5. The fourth-order valence-corrected chi connectivity index (χ4v) is 3.10. The van der Waals surface area contributed by atoms with Gasteiger partial charge in [-0.25, -0.2) is 0 Å². The van der Waals surface area contributed by atoms with Crippen molar-refractivity contribution in [1.82, 2.24) is 0 Å². The fourth-order valence-electron chi connectivity index (χ4n) is 2.76. The summed E-state index contributed by atoms with van der Waals surface area (Å²) in [4.78, 5) is 25.6. The summed E-state index contributed by atoms with van der Waals surface area (Å²) >= 11 is 12.0. The number of quaternary nitrogens is 1. The number of amides is 2. The topological polar surface area (TPSA) is 62.6 Å². The van der Waals surface area contributed by atoms with Crippen LogP contribution in [0.2, 0.25) is 10.0 Å². The normalized spacial score (nSPS) is 11.7. The zero-order chi connectivity index (χ0) is 19.8. The van der Waals surface area contributed by atoms with Gasteiger partial charge in [-0.1, -0.05) is 42.3 Å². The lowest BCUT2D eigenvalue weighted by atomic mass is 10.2. The quantitative estimate of drug-likeness (QED) is 0.627. The van der Waals surface area contributed by atoms with Crippen LogP contribution >= 0.6 is 23.2 Å². The number of carbonyl (C=O) groups is 2. The van der Waals surface area contributed by atoms with E-state index in [2.05, 4.69) is 10.6 Å². The van der Waals surface area contributed by atoms with Crippen molar-refractivity contribution >= 4 is 46.4 Å². The van der Waals surface area contributed by atoms with Crippen molar-refractivity contribution in [2.45, 2.75) is 20.3 Å². The fraction of sp³-hybridized carbons (Fsp3) is 0.300. The summed E-state index contributed by atoms with van der Waals surface area (Å²) < 4.78 is 0. The van der Waals surface area contributed by atoms with E-state index in [1.807, 2.05) is 38.1 Å². The van der Waals surface area contributed by atoms with Crippen molar-refractivity contribution in [1.29, 1.82) is 0 Å². The average molecular weight is 409 g/mol. The van der Waals surface area contributed by atoms with E-state index in [9.17, 15) is 9.59 Å². The number of anilines is 2. The van der Waals surface area contributed by atoms with E-state index in [0.717, 1.165) is 22.6 Å². The lowest BCUT2D eigenvalue weighted by molar-refractivity contribution is -0.883. The second-order valence-electron chi connectivity index (χ2n) is 6.44. The third-order valence-corrected chi connectivity index (χ3v) is 4.49. The molecule has 0 saturated carbocycles. The Balaban J connectivity index is 1.94. The van der Waals surface area contributed by atoms with E-state index in [4.69, 9.17) is 23.2 Å². The van der Waals surface area contributed by atoms with Crippen molar-refractivity contribution in [3.63, 3.8) is 0 Å². The van der Waals surface area contributed by atoms with Gasteiger partial charge in [0.05, 0.1) is 17.3 Å². The number of carbonyl (C=O) groups excluding carboxylic acids is 2. The highest BCUT2D eigenvalue weighted by Crippen LogP contribution is 2.25. The van der Waals surface area contributed by atoms with Gasteiger partial charge in [0, 0.05) is 10.7 Å². The SMILES string of the molecule is CCC[NH+](CC(=O)Nc1cccc(C)c1)CC(=O)Nc1cc(Cl)ccc1Cl. The Bertz CT molecular complexity index is 812. The second-order valence-corrected chi connectivity index (χ2v) is 7.29. The summed E-state index contributed by atoms with van der Waals surface area (Å²) in [7, 11) is 0. The molecule has 0 heterocycles. The van der Waals surface area contributed by atoms with Crippen LogP contribution in [0.1, 0.15) is 18.9 Å². The molecule has 0 aliphatic carbocycles. The van der Waals surface area contributed by atoms with E-state index < -0.39 is 0 Å². The van der Waals surface area contributed by atoms with Gasteiger partial charge in [0.1, 0.15) is 0 Å². The van der Waals surface area contributed by atoms with E-state index in [-0.39, 0.29) is 24.9 Å². The first-order valence-corrected chi connectivity index (χ1v) is 9.58. The number of rotatable bonds is 8. The molecule has 1 atom stereocenters. The van der Waals surface area contributed by atoms with Gasteiger partial charge in [0.15, 0.2) is 13.1 Å². The van der Waals surface area contributed by atoms with Crippen LogP contribution in [0.25, 0.3) is 0 Å². The smallest absolute Gasteiger partial charge is 0.279 e.